The zero-order valence-corrected chi connectivity index (χ0v) is 25.7. The van der Waals surface area contributed by atoms with Crippen molar-refractivity contribution in [2.75, 3.05) is 0 Å². The van der Waals surface area contributed by atoms with Crippen LogP contribution in [0.3, 0.4) is 0 Å². The summed E-state index contributed by atoms with van der Waals surface area (Å²) in [4.78, 5) is 15.4. The Labute approximate surface area is 274 Å². The molecule has 5 unspecified atom stereocenters. The summed E-state index contributed by atoms with van der Waals surface area (Å²) in [5.41, 5.74) is 10.5. The number of allylic oxidation sites excluding steroid dienone is 6. The van der Waals surface area contributed by atoms with Gasteiger partial charge in [-0.05, 0) is 69.3 Å². The second-order valence-corrected chi connectivity index (χ2v) is 13.3. The van der Waals surface area contributed by atoms with Crippen molar-refractivity contribution in [3.05, 3.63) is 169 Å². The number of fused-ring (bicyclic) bond motifs is 1. The Kier molecular flexibility index (Phi) is 5.74. The molecule has 4 aliphatic rings. The predicted molar refractivity (Wildman–Crippen MR) is 190 cm³/mol. The summed E-state index contributed by atoms with van der Waals surface area (Å²) in [6.07, 6.45) is 12.4. The van der Waals surface area contributed by atoms with E-state index in [1.54, 1.807) is 0 Å². The Balaban J connectivity index is 1.10. The second kappa shape index (κ2) is 10.2. The highest BCUT2D eigenvalue weighted by Crippen LogP contribution is 2.74. The van der Waals surface area contributed by atoms with Gasteiger partial charge in [0.1, 0.15) is 0 Å². The van der Waals surface area contributed by atoms with Crippen LogP contribution >= 0.6 is 0 Å². The van der Waals surface area contributed by atoms with Gasteiger partial charge < -0.3 is 0 Å². The Morgan fingerprint density at radius 3 is 1.36 bits per heavy atom. The van der Waals surface area contributed by atoms with Crippen LogP contribution in [0.25, 0.3) is 62.0 Å². The third kappa shape index (κ3) is 4.23. The van der Waals surface area contributed by atoms with Gasteiger partial charge in [0, 0.05) is 28.0 Å². The molecule has 0 amide bonds. The Morgan fingerprint density at radius 1 is 0.404 bits per heavy atom. The summed E-state index contributed by atoms with van der Waals surface area (Å²) >= 11 is 0. The molecule has 5 atom stereocenters. The Hall–Kier alpha value is -5.67. The fourth-order valence-electron chi connectivity index (χ4n) is 8.27. The van der Waals surface area contributed by atoms with E-state index >= 15 is 0 Å². The summed E-state index contributed by atoms with van der Waals surface area (Å²) < 4.78 is 0. The Morgan fingerprint density at radius 2 is 0.851 bits per heavy atom. The lowest BCUT2D eigenvalue weighted by Gasteiger charge is -2.45. The number of benzene rings is 5. The van der Waals surface area contributed by atoms with Gasteiger partial charge in [-0.1, -0.05) is 146 Å². The number of hydrogen-bond donors (Lipinski definition) is 0. The van der Waals surface area contributed by atoms with Crippen LogP contribution in [0.15, 0.2) is 164 Å². The highest BCUT2D eigenvalue weighted by Gasteiger charge is 2.67. The van der Waals surface area contributed by atoms with Gasteiger partial charge in [-0.15, -0.1) is 0 Å². The lowest BCUT2D eigenvalue weighted by molar-refractivity contribution is 0.310. The standard InChI is InChI=1S/C44H31N3/c1-3-10-28(11-4-1)30-14-7-17-33(24-30)41-45-42(34-18-8-15-31(25-34)29-12-5-2-6-13-29)47-43(46-41)35-19-9-16-32(26-35)37-27-38-36-20-22-44(40(36)38)23-21-39(37)44/h1-27,36,38-40H. The van der Waals surface area contributed by atoms with Gasteiger partial charge in [0.05, 0.1) is 0 Å². The van der Waals surface area contributed by atoms with Crippen LogP contribution in [0.5, 0.6) is 0 Å². The highest BCUT2D eigenvalue weighted by atomic mass is 15.0. The zero-order valence-electron chi connectivity index (χ0n) is 25.7. The van der Waals surface area contributed by atoms with Crippen LogP contribution in [0.4, 0.5) is 0 Å². The molecule has 222 valence electrons. The number of rotatable bonds is 6. The number of nitrogens with zero attached hydrogens (tertiary/aromatic N) is 3. The Bertz CT molecular complexity index is 2180. The first kappa shape index (κ1) is 26.5. The van der Waals surface area contributed by atoms with E-state index in [-0.39, 0.29) is 5.41 Å². The molecule has 4 aliphatic carbocycles. The molecule has 1 saturated carbocycles. The van der Waals surface area contributed by atoms with Gasteiger partial charge >= 0.3 is 0 Å². The SMILES string of the molecule is C1=CC23C=CC2C(c2cccc(-c4nc(-c5cccc(-c6ccccc6)c5)nc(-c5cccc(-c6ccccc6)c5)n4)c2)=CC2C1C23. The van der Waals surface area contributed by atoms with Crippen LogP contribution in [-0.4, -0.2) is 15.0 Å². The molecule has 1 fully saturated rings. The molecular formula is C44H31N3. The molecule has 0 radical (unpaired) electrons. The van der Waals surface area contributed by atoms with Crippen LogP contribution in [0, 0.1) is 29.1 Å². The third-order valence-corrected chi connectivity index (χ3v) is 10.7. The van der Waals surface area contributed by atoms with E-state index in [0.29, 0.717) is 29.3 Å². The first-order chi connectivity index (χ1) is 23.2. The molecule has 0 bridgehead atoms. The van der Waals surface area contributed by atoms with Crippen molar-refractivity contribution in [3.8, 4) is 56.4 Å². The first-order valence-electron chi connectivity index (χ1n) is 16.5. The summed E-state index contributed by atoms with van der Waals surface area (Å²) in [5, 5.41) is 0. The van der Waals surface area contributed by atoms with Gasteiger partial charge in [0.25, 0.3) is 0 Å². The summed E-state index contributed by atoms with van der Waals surface area (Å²) in [6, 6.07) is 46.7. The molecule has 10 rings (SSSR count). The van der Waals surface area contributed by atoms with Crippen molar-refractivity contribution in [2.45, 2.75) is 0 Å². The molecule has 47 heavy (non-hydrogen) atoms. The normalized spacial score (nSPS) is 24.2. The minimum Gasteiger partial charge on any atom is -0.208 e. The van der Waals surface area contributed by atoms with E-state index in [0.717, 1.165) is 50.8 Å². The van der Waals surface area contributed by atoms with Crippen LogP contribution in [-0.2, 0) is 0 Å². The minimum atomic E-state index is 0.233. The molecular weight excluding hydrogens is 571 g/mol. The first-order valence-corrected chi connectivity index (χ1v) is 16.5. The van der Waals surface area contributed by atoms with Gasteiger partial charge in [-0.3, -0.25) is 0 Å². The van der Waals surface area contributed by atoms with E-state index < -0.39 is 0 Å². The molecule has 5 aromatic carbocycles. The summed E-state index contributed by atoms with van der Waals surface area (Å²) in [5.74, 6) is 4.63. The van der Waals surface area contributed by atoms with E-state index in [4.69, 9.17) is 15.0 Å². The number of aromatic nitrogens is 3. The van der Waals surface area contributed by atoms with E-state index in [1.165, 1.54) is 11.1 Å². The van der Waals surface area contributed by atoms with Crippen LogP contribution in [0.2, 0.25) is 0 Å². The molecule has 3 nitrogen and oxygen atoms in total. The van der Waals surface area contributed by atoms with Crippen LogP contribution in [0.1, 0.15) is 5.56 Å². The van der Waals surface area contributed by atoms with E-state index in [2.05, 4.69) is 152 Å². The smallest absolute Gasteiger partial charge is 0.164 e. The maximum Gasteiger partial charge on any atom is 0.164 e. The monoisotopic (exact) mass is 601 g/mol. The summed E-state index contributed by atoms with van der Waals surface area (Å²) in [6.45, 7) is 0. The largest absolute Gasteiger partial charge is 0.208 e. The van der Waals surface area contributed by atoms with Gasteiger partial charge in [-0.25, -0.2) is 15.0 Å². The minimum absolute atomic E-state index is 0.233. The van der Waals surface area contributed by atoms with Crippen molar-refractivity contribution >= 4 is 5.57 Å². The molecule has 1 spiro atoms. The fourth-order valence-corrected chi connectivity index (χ4v) is 8.27. The molecule has 1 aromatic heterocycles. The maximum atomic E-state index is 5.14. The van der Waals surface area contributed by atoms with Gasteiger partial charge in [-0.2, -0.15) is 0 Å². The van der Waals surface area contributed by atoms with Crippen LogP contribution < -0.4 is 0 Å². The van der Waals surface area contributed by atoms with E-state index in [9.17, 15) is 0 Å². The zero-order chi connectivity index (χ0) is 31.0. The number of hydrogen-bond acceptors (Lipinski definition) is 3. The lowest BCUT2D eigenvalue weighted by atomic mass is 9.58. The average Bonchev–Trinajstić information content (AvgIpc) is 3.66. The van der Waals surface area contributed by atoms with Crippen molar-refractivity contribution in [1.29, 1.82) is 0 Å². The molecule has 0 aliphatic heterocycles. The highest BCUT2D eigenvalue weighted by molar-refractivity contribution is 5.80. The third-order valence-electron chi connectivity index (χ3n) is 10.7. The lowest BCUT2D eigenvalue weighted by Crippen LogP contribution is -2.37. The van der Waals surface area contributed by atoms with Crippen molar-refractivity contribution in [1.82, 2.24) is 15.0 Å². The maximum absolute atomic E-state index is 5.14. The molecule has 6 aromatic rings. The van der Waals surface area contributed by atoms with Crippen molar-refractivity contribution in [2.24, 2.45) is 29.1 Å². The van der Waals surface area contributed by atoms with Crippen molar-refractivity contribution < 1.29 is 0 Å². The predicted octanol–water partition coefficient (Wildman–Crippen LogP) is 10.2. The fraction of sp³-hybridized carbons (Fsp3) is 0.114. The molecule has 0 N–H and O–H groups in total. The van der Waals surface area contributed by atoms with E-state index in [1.807, 2.05) is 12.1 Å². The topological polar surface area (TPSA) is 38.7 Å². The van der Waals surface area contributed by atoms with Crippen molar-refractivity contribution in [3.63, 3.8) is 0 Å². The average molecular weight is 602 g/mol. The second-order valence-electron chi connectivity index (χ2n) is 13.3. The van der Waals surface area contributed by atoms with Gasteiger partial charge in [0.15, 0.2) is 17.5 Å². The summed E-state index contributed by atoms with van der Waals surface area (Å²) in [7, 11) is 0. The van der Waals surface area contributed by atoms with Gasteiger partial charge in [0.2, 0.25) is 0 Å². The quantitative estimate of drug-likeness (QED) is 0.178. The molecule has 1 heterocycles. The molecule has 0 saturated heterocycles. The molecule has 3 heteroatoms.